The molecule has 0 unspecified atom stereocenters. The van der Waals surface area contributed by atoms with Gasteiger partial charge >= 0.3 is 0 Å². The van der Waals surface area contributed by atoms with Crippen LogP contribution in [-0.4, -0.2) is 11.6 Å². The number of ether oxygens (including phenoxy) is 1. The van der Waals surface area contributed by atoms with E-state index in [2.05, 4.69) is 52.0 Å². The number of rotatable bonds is 5. The minimum atomic E-state index is -0.331. The molecule has 0 aliphatic rings. The van der Waals surface area contributed by atoms with Crippen LogP contribution in [0.15, 0.2) is 48.5 Å². The van der Waals surface area contributed by atoms with Gasteiger partial charge < -0.3 is 4.74 Å². The van der Waals surface area contributed by atoms with E-state index in [0.717, 1.165) is 16.3 Å². The minimum Gasteiger partial charge on any atom is -0.490 e. The van der Waals surface area contributed by atoms with E-state index in [0.29, 0.717) is 18.8 Å². The van der Waals surface area contributed by atoms with E-state index in [-0.39, 0.29) is 11.2 Å². The highest BCUT2D eigenvalue weighted by molar-refractivity contribution is 7.15. The Kier molecular flexibility index (Phi) is 5.42. The molecule has 1 heterocycles. The summed E-state index contributed by atoms with van der Waals surface area (Å²) in [7, 11) is 0. The van der Waals surface area contributed by atoms with Gasteiger partial charge in [-0.05, 0) is 30.0 Å². The molecule has 0 atom stereocenters. The number of hydrogen-bond donors (Lipinski definition) is 0. The Morgan fingerprint density at radius 3 is 2.38 bits per heavy atom. The SMILES string of the molecule is Cc1sc(-c2ccc(C(C)(C)C)cc2)nc1CCOc1ccccc1F. The van der Waals surface area contributed by atoms with Crippen LogP contribution in [0.25, 0.3) is 10.6 Å². The Balaban J connectivity index is 1.68. The number of halogens is 1. The smallest absolute Gasteiger partial charge is 0.165 e. The first-order valence-electron chi connectivity index (χ1n) is 8.79. The molecular weight excluding hydrogens is 345 g/mol. The van der Waals surface area contributed by atoms with Crippen molar-refractivity contribution in [3.05, 3.63) is 70.5 Å². The maximum absolute atomic E-state index is 13.6. The zero-order chi connectivity index (χ0) is 18.7. The predicted octanol–water partition coefficient (Wildman–Crippen LogP) is 6.18. The summed E-state index contributed by atoms with van der Waals surface area (Å²) in [4.78, 5) is 5.95. The van der Waals surface area contributed by atoms with Crippen molar-refractivity contribution >= 4 is 11.3 Å². The largest absolute Gasteiger partial charge is 0.490 e. The molecule has 1 aromatic heterocycles. The molecule has 26 heavy (non-hydrogen) atoms. The van der Waals surface area contributed by atoms with Gasteiger partial charge in [-0.1, -0.05) is 57.2 Å². The fourth-order valence-corrected chi connectivity index (χ4v) is 3.68. The summed E-state index contributed by atoms with van der Waals surface area (Å²) in [5.41, 5.74) is 3.61. The summed E-state index contributed by atoms with van der Waals surface area (Å²) in [6, 6.07) is 15.1. The van der Waals surface area contributed by atoms with Crippen molar-refractivity contribution in [2.45, 2.75) is 39.5 Å². The van der Waals surface area contributed by atoms with Crippen molar-refractivity contribution in [3.63, 3.8) is 0 Å². The molecule has 4 heteroatoms. The summed E-state index contributed by atoms with van der Waals surface area (Å²) in [6.07, 6.45) is 0.663. The number of benzene rings is 2. The maximum atomic E-state index is 13.6. The molecular formula is C22H24FNOS. The molecule has 0 bridgehead atoms. The molecule has 3 rings (SSSR count). The molecule has 0 N–H and O–H groups in total. The van der Waals surface area contributed by atoms with Crippen LogP contribution in [0.2, 0.25) is 0 Å². The lowest BCUT2D eigenvalue weighted by Gasteiger charge is -2.18. The van der Waals surface area contributed by atoms with Gasteiger partial charge in [-0.2, -0.15) is 0 Å². The van der Waals surface area contributed by atoms with Gasteiger partial charge in [0.15, 0.2) is 11.6 Å². The number of hydrogen-bond acceptors (Lipinski definition) is 3. The highest BCUT2D eigenvalue weighted by atomic mass is 32.1. The van der Waals surface area contributed by atoms with Crippen LogP contribution >= 0.6 is 11.3 Å². The van der Waals surface area contributed by atoms with Crippen LogP contribution < -0.4 is 4.74 Å². The normalized spacial score (nSPS) is 11.6. The zero-order valence-corrected chi connectivity index (χ0v) is 16.5. The molecule has 0 saturated heterocycles. The molecule has 0 amide bonds. The Hall–Kier alpha value is -2.20. The van der Waals surface area contributed by atoms with Crippen molar-refractivity contribution < 1.29 is 9.13 Å². The lowest BCUT2D eigenvalue weighted by molar-refractivity contribution is 0.304. The molecule has 0 aliphatic carbocycles. The third kappa shape index (κ3) is 4.31. The van der Waals surface area contributed by atoms with Crippen LogP contribution in [-0.2, 0) is 11.8 Å². The van der Waals surface area contributed by atoms with E-state index in [4.69, 9.17) is 9.72 Å². The molecule has 2 nitrogen and oxygen atoms in total. The molecule has 136 valence electrons. The van der Waals surface area contributed by atoms with Crippen LogP contribution in [0.4, 0.5) is 4.39 Å². The number of aryl methyl sites for hydroxylation is 1. The molecule has 2 aromatic carbocycles. The third-order valence-corrected chi connectivity index (χ3v) is 5.39. The average Bonchev–Trinajstić information content (AvgIpc) is 2.97. The summed E-state index contributed by atoms with van der Waals surface area (Å²) >= 11 is 1.69. The molecule has 0 radical (unpaired) electrons. The maximum Gasteiger partial charge on any atom is 0.165 e. The van der Waals surface area contributed by atoms with Crippen molar-refractivity contribution in [3.8, 4) is 16.3 Å². The number of nitrogens with zero attached hydrogens (tertiary/aromatic N) is 1. The average molecular weight is 370 g/mol. The van der Waals surface area contributed by atoms with Crippen LogP contribution in [0.1, 0.15) is 36.9 Å². The standard InChI is InChI=1S/C22H24FNOS/c1-15-19(13-14-25-20-8-6-5-7-18(20)23)24-21(26-15)16-9-11-17(12-10-16)22(2,3)4/h5-12H,13-14H2,1-4H3. The number of thiazole rings is 1. The van der Waals surface area contributed by atoms with Gasteiger partial charge in [0.2, 0.25) is 0 Å². The summed E-state index contributed by atoms with van der Waals surface area (Å²) in [6.45, 7) is 9.12. The van der Waals surface area contributed by atoms with Crippen LogP contribution in [0, 0.1) is 12.7 Å². The third-order valence-electron chi connectivity index (χ3n) is 4.32. The van der Waals surface area contributed by atoms with E-state index in [1.54, 1.807) is 29.5 Å². The fraction of sp³-hybridized carbons (Fsp3) is 0.318. The van der Waals surface area contributed by atoms with Crippen molar-refractivity contribution in [2.75, 3.05) is 6.61 Å². The summed E-state index contributed by atoms with van der Waals surface area (Å²) in [5.74, 6) is -0.0412. The topological polar surface area (TPSA) is 22.1 Å². The first-order valence-corrected chi connectivity index (χ1v) is 9.61. The van der Waals surface area contributed by atoms with Gasteiger partial charge in [0.05, 0.1) is 12.3 Å². The van der Waals surface area contributed by atoms with Gasteiger partial charge in [0.1, 0.15) is 5.01 Å². The van der Waals surface area contributed by atoms with Crippen molar-refractivity contribution in [1.29, 1.82) is 0 Å². The van der Waals surface area contributed by atoms with Crippen LogP contribution in [0.3, 0.4) is 0 Å². The predicted molar refractivity (Wildman–Crippen MR) is 107 cm³/mol. The number of aromatic nitrogens is 1. The first kappa shape index (κ1) is 18.6. The first-order chi connectivity index (χ1) is 12.3. The lowest BCUT2D eigenvalue weighted by Crippen LogP contribution is -2.10. The van der Waals surface area contributed by atoms with Gasteiger partial charge in [-0.15, -0.1) is 11.3 Å². The van der Waals surface area contributed by atoms with Gasteiger partial charge in [-0.25, -0.2) is 9.37 Å². The highest BCUT2D eigenvalue weighted by Crippen LogP contribution is 2.30. The lowest BCUT2D eigenvalue weighted by atomic mass is 9.87. The summed E-state index contributed by atoms with van der Waals surface area (Å²) in [5, 5.41) is 1.02. The van der Waals surface area contributed by atoms with E-state index in [1.807, 2.05) is 0 Å². The zero-order valence-electron chi connectivity index (χ0n) is 15.7. The van der Waals surface area contributed by atoms with Crippen molar-refractivity contribution in [2.24, 2.45) is 0 Å². The second-order valence-electron chi connectivity index (χ2n) is 7.38. The second-order valence-corrected chi connectivity index (χ2v) is 8.58. The molecule has 0 aliphatic heterocycles. The molecule has 0 saturated carbocycles. The molecule has 0 spiro atoms. The quantitative estimate of drug-likeness (QED) is 0.536. The van der Waals surface area contributed by atoms with Crippen LogP contribution in [0.5, 0.6) is 5.75 Å². The summed E-state index contributed by atoms with van der Waals surface area (Å²) < 4.78 is 19.2. The molecule has 0 fully saturated rings. The Bertz CT molecular complexity index is 878. The van der Waals surface area contributed by atoms with E-state index >= 15 is 0 Å². The Morgan fingerprint density at radius 2 is 1.73 bits per heavy atom. The van der Waals surface area contributed by atoms with E-state index < -0.39 is 0 Å². The van der Waals surface area contributed by atoms with Crippen molar-refractivity contribution in [1.82, 2.24) is 4.98 Å². The minimum absolute atomic E-state index is 0.145. The fourth-order valence-electron chi connectivity index (χ4n) is 2.72. The number of para-hydroxylation sites is 1. The van der Waals surface area contributed by atoms with Gasteiger partial charge in [-0.3, -0.25) is 0 Å². The van der Waals surface area contributed by atoms with Gasteiger partial charge in [0, 0.05) is 16.9 Å². The van der Waals surface area contributed by atoms with E-state index in [9.17, 15) is 4.39 Å². The Morgan fingerprint density at radius 1 is 1.04 bits per heavy atom. The molecule has 3 aromatic rings. The Labute approximate surface area is 158 Å². The van der Waals surface area contributed by atoms with E-state index in [1.165, 1.54) is 16.5 Å². The highest BCUT2D eigenvalue weighted by Gasteiger charge is 2.15. The second kappa shape index (κ2) is 7.58. The van der Waals surface area contributed by atoms with Gasteiger partial charge in [0.25, 0.3) is 0 Å². The monoisotopic (exact) mass is 369 g/mol.